The van der Waals surface area contributed by atoms with Gasteiger partial charge in [-0.25, -0.2) is 13.2 Å². The van der Waals surface area contributed by atoms with Crippen molar-refractivity contribution in [1.29, 1.82) is 0 Å². The molecule has 1 aromatic carbocycles. The van der Waals surface area contributed by atoms with Gasteiger partial charge in [0.1, 0.15) is 6.61 Å². The van der Waals surface area contributed by atoms with E-state index in [9.17, 15) is 22.8 Å². The molecule has 2 heterocycles. The van der Waals surface area contributed by atoms with Gasteiger partial charge >= 0.3 is 11.9 Å². The number of carbonyl (C=O) groups excluding carboxylic acids is 3. The van der Waals surface area contributed by atoms with Crippen LogP contribution in [-0.4, -0.2) is 57.3 Å². The Morgan fingerprint density at radius 1 is 1.15 bits per heavy atom. The van der Waals surface area contributed by atoms with Crippen LogP contribution in [0.5, 0.6) is 0 Å². The highest BCUT2D eigenvalue weighted by Crippen LogP contribution is 2.28. The average molecular weight is 479 g/mol. The SMILES string of the molecule is CCN(CC)S(=O)(=O)c1ccc(N2CC(C(=O)OCc3ccoc3C(=O)OC)CC2=O)cc1. The fourth-order valence-corrected chi connectivity index (χ4v) is 5.07. The van der Waals surface area contributed by atoms with Crippen LogP contribution >= 0.6 is 0 Å². The maximum Gasteiger partial charge on any atom is 0.374 e. The molecule has 0 N–H and O–H groups in total. The highest BCUT2D eigenvalue weighted by molar-refractivity contribution is 7.89. The Labute approximate surface area is 192 Å². The molecule has 1 unspecified atom stereocenters. The van der Waals surface area contributed by atoms with Crippen LogP contribution in [0.25, 0.3) is 0 Å². The molecule has 178 valence electrons. The third kappa shape index (κ3) is 5.09. The van der Waals surface area contributed by atoms with Crippen LogP contribution in [0.4, 0.5) is 5.69 Å². The molecular formula is C22H26N2O8S. The molecule has 11 heteroatoms. The van der Waals surface area contributed by atoms with Gasteiger partial charge in [0.25, 0.3) is 0 Å². The molecule has 0 saturated carbocycles. The Morgan fingerprint density at radius 3 is 2.42 bits per heavy atom. The van der Waals surface area contributed by atoms with Crippen molar-refractivity contribution in [1.82, 2.24) is 4.31 Å². The van der Waals surface area contributed by atoms with Crippen molar-refractivity contribution in [3.05, 3.63) is 47.9 Å². The van der Waals surface area contributed by atoms with Crippen molar-refractivity contribution in [3.63, 3.8) is 0 Å². The van der Waals surface area contributed by atoms with E-state index < -0.39 is 27.9 Å². The quantitative estimate of drug-likeness (QED) is 0.503. The number of carbonyl (C=O) groups is 3. The van der Waals surface area contributed by atoms with Gasteiger partial charge in [-0.15, -0.1) is 0 Å². The first-order chi connectivity index (χ1) is 15.7. The number of benzene rings is 1. The monoisotopic (exact) mass is 478 g/mol. The molecule has 1 amide bonds. The van der Waals surface area contributed by atoms with Crippen molar-refractivity contribution in [2.75, 3.05) is 31.6 Å². The van der Waals surface area contributed by atoms with Crippen LogP contribution in [0.2, 0.25) is 0 Å². The summed E-state index contributed by atoms with van der Waals surface area (Å²) in [5.74, 6) is -2.27. The third-order valence-corrected chi connectivity index (χ3v) is 7.50. The van der Waals surface area contributed by atoms with E-state index >= 15 is 0 Å². The van der Waals surface area contributed by atoms with Gasteiger partial charge in [0.15, 0.2) is 0 Å². The van der Waals surface area contributed by atoms with Crippen LogP contribution in [0, 0.1) is 5.92 Å². The fraction of sp³-hybridized carbons (Fsp3) is 0.409. The minimum atomic E-state index is -3.60. The van der Waals surface area contributed by atoms with Crippen LogP contribution in [0.1, 0.15) is 36.4 Å². The topological polar surface area (TPSA) is 123 Å². The second-order valence-corrected chi connectivity index (χ2v) is 9.30. The maximum absolute atomic E-state index is 12.6. The number of ether oxygens (including phenoxy) is 2. The van der Waals surface area contributed by atoms with Crippen LogP contribution in [0.3, 0.4) is 0 Å². The highest BCUT2D eigenvalue weighted by Gasteiger charge is 2.36. The number of esters is 2. The number of rotatable bonds is 9. The predicted molar refractivity (Wildman–Crippen MR) is 117 cm³/mol. The standard InChI is InChI=1S/C22H26N2O8S/c1-4-23(5-2)33(28,29)18-8-6-17(7-9-18)24-13-16(12-19(24)25)21(26)32-14-15-10-11-31-20(15)22(27)30-3/h6-11,16H,4-5,12-14H2,1-3H3. The zero-order chi connectivity index (χ0) is 24.2. The zero-order valence-electron chi connectivity index (χ0n) is 18.6. The smallest absolute Gasteiger partial charge is 0.374 e. The molecule has 33 heavy (non-hydrogen) atoms. The van der Waals surface area contributed by atoms with E-state index in [0.29, 0.717) is 24.3 Å². The average Bonchev–Trinajstić information content (AvgIpc) is 3.44. The molecule has 0 bridgehead atoms. The lowest BCUT2D eigenvalue weighted by atomic mass is 10.1. The molecule has 2 aromatic rings. The molecule has 3 rings (SSSR count). The molecule has 1 fully saturated rings. The van der Waals surface area contributed by atoms with Gasteiger partial charge in [0.2, 0.25) is 21.7 Å². The zero-order valence-corrected chi connectivity index (χ0v) is 19.5. The number of hydrogen-bond acceptors (Lipinski definition) is 8. The molecule has 1 atom stereocenters. The summed E-state index contributed by atoms with van der Waals surface area (Å²) in [7, 11) is -2.39. The fourth-order valence-electron chi connectivity index (χ4n) is 3.61. The minimum Gasteiger partial charge on any atom is -0.463 e. The van der Waals surface area contributed by atoms with E-state index in [1.807, 2.05) is 0 Å². The largest absolute Gasteiger partial charge is 0.463 e. The highest BCUT2D eigenvalue weighted by atomic mass is 32.2. The number of amides is 1. The van der Waals surface area contributed by atoms with Gasteiger partial charge in [-0.3, -0.25) is 9.59 Å². The lowest BCUT2D eigenvalue weighted by Crippen LogP contribution is -2.30. The van der Waals surface area contributed by atoms with E-state index in [1.165, 1.54) is 40.8 Å². The normalized spacial score (nSPS) is 16.3. The molecule has 1 aliphatic heterocycles. The van der Waals surface area contributed by atoms with E-state index in [-0.39, 0.29) is 36.1 Å². The summed E-state index contributed by atoms with van der Waals surface area (Å²) in [6.45, 7) is 4.15. The number of methoxy groups -OCH3 is 1. The predicted octanol–water partition coefficient (Wildman–Crippen LogP) is 2.19. The maximum atomic E-state index is 12.6. The molecular weight excluding hydrogens is 452 g/mol. The van der Waals surface area contributed by atoms with E-state index in [4.69, 9.17) is 9.15 Å². The van der Waals surface area contributed by atoms with Crippen molar-refractivity contribution in [2.24, 2.45) is 5.92 Å². The number of furan rings is 1. The van der Waals surface area contributed by atoms with Crippen LogP contribution < -0.4 is 4.90 Å². The Balaban J connectivity index is 1.65. The number of hydrogen-bond donors (Lipinski definition) is 0. The minimum absolute atomic E-state index is 0.0342. The van der Waals surface area contributed by atoms with Gasteiger partial charge in [-0.1, -0.05) is 13.8 Å². The molecule has 0 aliphatic carbocycles. The van der Waals surface area contributed by atoms with E-state index in [1.54, 1.807) is 26.0 Å². The Kier molecular flexibility index (Phi) is 7.54. The Morgan fingerprint density at radius 2 is 1.82 bits per heavy atom. The third-order valence-electron chi connectivity index (χ3n) is 5.44. The summed E-state index contributed by atoms with van der Waals surface area (Å²) in [6.07, 6.45) is 1.26. The molecule has 10 nitrogen and oxygen atoms in total. The summed E-state index contributed by atoms with van der Waals surface area (Å²) in [5, 5.41) is 0. The number of anilines is 1. The summed E-state index contributed by atoms with van der Waals surface area (Å²) < 4.78 is 41.6. The van der Waals surface area contributed by atoms with Crippen molar-refractivity contribution in [2.45, 2.75) is 31.8 Å². The second-order valence-electron chi connectivity index (χ2n) is 7.36. The van der Waals surface area contributed by atoms with Crippen molar-refractivity contribution < 1.29 is 36.7 Å². The molecule has 1 saturated heterocycles. The lowest BCUT2D eigenvalue weighted by molar-refractivity contribution is -0.149. The lowest BCUT2D eigenvalue weighted by Gasteiger charge is -2.20. The first kappa shape index (κ1) is 24.5. The Hall–Kier alpha value is -3.18. The van der Waals surface area contributed by atoms with E-state index in [2.05, 4.69) is 4.74 Å². The molecule has 1 aliphatic rings. The molecule has 0 spiro atoms. The number of sulfonamides is 1. The van der Waals surface area contributed by atoms with Crippen LogP contribution in [0.15, 0.2) is 45.9 Å². The van der Waals surface area contributed by atoms with Gasteiger partial charge in [0, 0.05) is 37.3 Å². The second kappa shape index (κ2) is 10.2. The summed E-state index contributed by atoms with van der Waals surface area (Å²) in [6, 6.07) is 7.51. The summed E-state index contributed by atoms with van der Waals surface area (Å²) in [4.78, 5) is 38.2. The van der Waals surface area contributed by atoms with Crippen LogP contribution in [-0.2, 0) is 35.7 Å². The molecule has 1 aromatic heterocycles. The first-order valence-corrected chi connectivity index (χ1v) is 11.9. The van der Waals surface area contributed by atoms with Gasteiger partial charge < -0.3 is 18.8 Å². The van der Waals surface area contributed by atoms with E-state index in [0.717, 1.165) is 0 Å². The van der Waals surface area contributed by atoms with Crippen molar-refractivity contribution >= 4 is 33.6 Å². The van der Waals surface area contributed by atoms with Gasteiger partial charge in [-0.05, 0) is 30.3 Å². The van der Waals surface area contributed by atoms with Gasteiger partial charge in [0.05, 0.1) is 24.2 Å². The number of nitrogens with zero attached hydrogens (tertiary/aromatic N) is 2. The summed E-state index contributed by atoms with van der Waals surface area (Å²) >= 11 is 0. The first-order valence-electron chi connectivity index (χ1n) is 10.4. The summed E-state index contributed by atoms with van der Waals surface area (Å²) in [5.41, 5.74) is 0.859. The van der Waals surface area contributed by atoms with Gasteiger partial charge in [-0.2, -0.15) is 4.31 Å². The molecule has 0 radical (unpaired) electrons. The Bertz CT molecular complexity index is 1120. The van der Waals surface area contributed by atoms with Crippen molar-refractivity contribution in [3.8, 4) is 0 Å².